The van der Waals surface area contributed by atoms with Gasteiger partial charge >= 0.3 is 5.97 Å². The lowest BCUT2D eigenvalue weighted by Gasteiger charge is -2.10. The number of hydrogen-bond donors (Lipinski definition) is 2. The first kappa shape index (κ1) is 15.3. The maximum Gasteiger partial charge on any atom is 0.337 e. The van der Waals surface area contributed by atoms with Gasteiger partial charge in [0.15, 0.2) is 0 Å². The predicted molar refractivity (Wildman–Crippen MR) is 75.6 cm³/mol. The van der Waals surface area contributed by atoms with Gasteiger partial charge in [-0.1, -0.05) is 23.7 Å². The lowest BCUT2D eigenvalue weighted by atomic mass is 10.2. The van der Waals surface area contributed by atoms with Crippen LogP contribution in [0.5, 0.6) is 0 Å². The number of anilines is 1. The summed E-state index contributed by atoms with van der Waals surface area (Å²) in [7, 11) is -4.16. The van der Waals surface area contributed by atoms with E-state index in [1.165, 1.54) is 24.3 Å². The third kappa shape index (κ3) is 3.32. The van der Waals surface area contributed by atoms with Crippen LogP contribution in [-0.2, 0) is 10.0 Å². The smallest absolute Gasteiger partial charge is 0.337 e. The third-order valence-corrected chi connectivity index (χ3v) is 4.32. The summed E-state index contributed by atoms with van der Waals surface area (Å²) in [6.45, 7) is 0. The molecule has 0 aliphatic carbocycles. The Balaban J connectivity index is 2.40. The molecule has 0 saturated heterocycles. The van der Waals surface area contributed by atoms with E-state index in [1.807, 2.05) is 0 Å². The van der Waals surface area contributed by atoms with E-state index < -0.39 is 26.7 Å². The second-order valence-electron chi connectivity index (χ2n) is 4.04. The fourth-order valence-electron chi connectivity index (χ4n) is 1.63. The topological polar surface area (TPSA) is 83.5 Å². The molecule has 2 N–H and O–H groups in total. The fourth-order valence-corrected chi connectivity index (χ4v) is 2.95. The van der Waals surface area contributed by atoms with Crippen molar-refractivity contribution in [2.45, 2.75) is 4.90 Å². The molecule has 0 heterocycles. The summed E-state index contributed by atoms with van der Waals surface area (Å²) in [6.07, 6.45) is 0. The highest BCUT2D eigenvalue weighted by molar-refractivity contribution is 7.92. The number of halogens is 2. The fraction of sp³-hybridized carbons (Fsp3) is 0. The molecular formula is C13H9ClFNO4S. The molecule has 0 aromatic heterocycles. The number of nitrogens with one attached hydrogen (secondary N) is 1. The summed E-state index contributed by atoms with van der Waals surface area (Å²) in [5, 5.41) is 8.90. The average molecular weight is 330 g/mol. The molecule has 0 bridgehead atoms. The molecule has 0 radical (unpaired) electrons. The molecular weight excluding hydrogens is 321 g/mol. The van der Waals surface area contributed by atoms with Gasteiger partial charge in [-0.15, -0.1) is 0 Å². The van der Waals surface area contributed by atoms with Crippen LogP contribution in [0.25, 0.3) is 0 Å². The van der Waals surface area contributed by atoms with Crippen LogP contribution in [0.15, 0.2) is 47.4 Å². The summed E-state index contributed by atoms with van der Waals surface area (Å²) in [4.78, 5) is 10.4. The minimum absolute atomic E-state index is 0.0277. The molecule has 8 heteroatoms. The molecule has 0 unspecified atom stereocenters. The molecule has 0 aliphatic rings. The Bertz CT molecular complexity index is 808. The third-order valence-electron chi connectivity index (χ3n) is 2.58. The summed E-state index contributed by atoms with van der Waals surface area (Å²) in [5.74, 6) is -2.20. The van der Waals surface area contributed by atoms with Crippen LogP contribution in [0.4, 0.5) is 10.1 Å². The molecule has 110 valence electrons. The minimum Gasteiger partial charge on any atom is -0.478 e. The molecule has 0 spiro atoms. The van der Waals surface area contributed by atoms with Gasteiger partial charge in [-0.05, 0) is 30.3 Å². The van der Waals surface area contributed by atoms with Crippen molar-refractivity contribution in [2.24, 2.45) is 0 Å². The SMILES string of the molecule is O=C(O)c1cc(NS(=O)(=O)c2ccccc2F)ccc1Cl. The van der Waals surface area contributed by atoms with Gasteiger partial charge in [0.05, 0.1) is 10.6 Å². The summed E-state index contributed by atoms with van der Waals surface area (Å²) < 4.78 is 39.7. The summed E-state index contributed by atoms with van der Waals surface area (Å²) >= 11 is 5.69. The molecule has 0 fully saturated rings. The first-order valence-corrected chi connectivity index (χ1v) is 7.47. The molecule has 2 rings (SSSR count). The summed E-state index contributed by atoms with van der Waals surface area (Å²) in [6, 6.07) is 8.44. The van der Waals surface area contributed by atoms with Crippen LogP contribution in [0.1, 0.15) is 10.4 Å². The zero-order chi connectivity index (χ0) is 15.6. The first-order valence-electron chi connectivity index (χ1n) is 5.61. The highest BCUT2D eigenvalue weighted by atomic mass is 35.5. The lowest BCUT2D eigenvalue weighted by molar-refractivity contribution is 0.0697. The van der Waals surface area contributed by atoms with Crippen LogP contribution >= 0.6 is 11.6 Å². The maximum absolute atomic E-state index is 13.5. The van der Waals surface area contributed by atoms with Gasteiger partial charge in [0.2, 0.25) is 0 Å². The van der Waals surface area contributed by atoms with E-state index in [0.29, 0.717) is 0 Å². The van der Waals surface area contributed by atoms with E-state index >= 15 is 0 Å². The van der Waals surface area contributed by atoms with Gasteiger partial charge in [0, 0.05) is 5.69 Å². The van der Waals surface area contributed by atoms with Crippen molar-refractivity contribution < 1.29 is 22.7 Å². The van der Waals surface area contributed by atoms with Crippen molar-refractivity contribution in [3.05, 3.63) is 58.9 Å². The molecule has 0 aliphatic heterocycles. The number of carboxylic acid groups (broad SMARTS) is 1. The van der Waals surface area contributed by atoms with E-state index in [1.54, 1.807) is 0 Å². The van der Waals surface area contributed by atoms with Gasteiger partial charge in [0.25, 0.3) is 10.0 Å². The highest BCUT2D eigenvalue weighted by Crippen LogP contribution is 2.23. The molecule has 21 heavy (non-hydrogen) atoms. The largest absolute Gasteiger partial charge is 0.478 e. The first-order chi connectivity index (χ1) is 9.81. The Morgan fingerprint density at radius 1 is 1.19 bits per heavy atom. The Morgan fingerprint density at radius 2 is 1.86 bits per heavy atom. The standard InChI is InChI=1S/C13H9ClFNO4S/c14-10-6-5-8(7-9(10)13(17)18)16-21(19,20)12-4-2-1-3-11(12)15/h1-7,16H,(H,17,18). The monoisotopic (exact) mass is 329 g/mol. The Labute approximate surface area is 125 Å². The van der Waals surface area contributed by atoms with Crippen LogP contribution in [-0.4, -0.2) is 19.5 Å². The predicted octanol–water partition coefficient (Wildman–Crippen LogP) is 2.98. The molecule has 5 nitrogen and oxygen atoms in total. The number of sulfonamides is 1. The van der Waals surface area contributed by atoms with Crippen molar-refractivity contribution in [1.82, 2.24) is 0 Å². The van der Waals surface area contributed by atoms with Gasteiger partial charge in [-0.2, -0.15) is 0 Å². The minimum atomic E-state index is -4.16. The van der Waals surface area contributed by atoms with Crippen LogP contribution in [0, 0.1) is 5.82 Å². The number of hydrogen-bond acceptors (Lipinski definition) is 3. The maximum atomic E-state index is 13.5. The molecule has 2 aromatic rings. The Morgan fingerprint density at radius 3 is 2.48 bits per heavy atom. The average Bonchev–Trinajstić information content (AvgIpc) is 2.40. The molecule has 0 atom stereocenters. The molecule has 0 amide bonds. The van der Waals surface area contributed by atoms with Crippen LogP contribution < -0.4 is 4.72 Å². The zero-order valence-electron chi connectivity index (χ0n) is 10.4. The number of carbonyl (C=O) groups is 1. The number of benzene rings is 2. The number of carboxylic acids is 1. The van der Waals surface area contributed by atoms with Crippen molar-refractivity contribution in [3.8, 4) is 0 Å². The quantitative estimate of drug-likeness (QED) is 0.903. The van der Waals surface area contributed by atoms with E-state index in [9.17, 15) is 17.6 Å². The van der Waals surface area contributed by atoms with E-state index in [2.05, 4.69) is 4.72 Å². The highest BCUT2D eigenvalue weighted by Gasteiger charge is 2.19. The van der Waals surface area contributed by atoms with Crippen LogP contribution in [0.3, 0.4) is 0 Å². The van der Waals surface area contributed by atoms with Crippen molar-refractivity contribution >= 4 is 33.3 Å². The summed E-state index contributed by atoms with van der Waals surface area (Å²) in [5.41, 5.74) is -0.287. The van der Waals surface area contributed by atoms with Crippen molar-refractivity contribution in [1.29, 1.82) is 0 Å². The van der Waals surface area contributed by atoms with E-state index in [-0.39, 0.29) is 16.3 Å². The van der Waals surface area contributed by atoms with Gasteiger partial charge in [0.1, 0.15) is 10.7 Å². The second-order valence-corrected chi connectivity index (χ2v) is 6.09. The van der Waals surface area contributed by atoms with E-state index in [4.69, 9.17) is 16.7 Å². The second kappa shape index (κ2) is 5.71. The Hall–Kier alpha value is -2.12. The van der Waals surface area contributed by atoms with Crippen molar-refractivity contribution in [3.63, 3.8) is 0 Å². The zero-order valence-corrected chi connectivity index (χ0v) is 12.0. The Kier molecular flexibility index (Phi) is 4.15. The van der Waals surface area contributed by atoms with Crippen molar-refractivity contribution in [2.75, 3.05) is 4.72 Å². The molecule has 2 aromatic carbocycles. The lowest BCUT2D eigenvalue weighted by Crippen LogP contribution is -2.15. The van der Waals surface area contributed by atoms with Gasteiger partial charge < -0.3 is 5.11 Å². The van der Waals surface area contributed by atoms with Gasteiger partial charge in [-0.25, -0.2) is 17.6 Å². The van der Waals surface area contributed by atoms with Crippen LogP contribution in [0.2, 0.25) is 5.02 Å². The van der Waals surface area contributed by atoms with E-state index in [0.717, 1.165) is 18.2 Å². The normalized spacial score (nSPS) is 11.1. The van der Waals surface area contributed by atoms with Gasteiger partial charge in [-0.3, -0.25) is 4.72 Å². The number of rotatable bonds is 4. The molecule has 0 saturated carbocycles. The number of aromatic carboxylic acids is 1.